The van der Waals surface area contributed by atoms with Crippen molar-refractivity contribution in [2.45, 2.75) is 25.0 Å². The Balaban J connectivity index is 1.52. The van der Waals surface area contributed by atoms with Gasteiger partial charge < -0.3 is 10.1 Å². The smallest absolute Gasteiger partial charge is 0.251 e. The molecule has 0 saturated carbocycles. The maximum absolute atomic E-state index is 12.1. The van der Waals surface area contributed by atoms with Crippen molar-refractivity contribution < 1.29 is 9.53 Å². The molecule has 5 nitrogen and oxygen atoms in total. The molecule has 110 valence electrons. The Bertz CT molecular complexity index is 567. The monoisotopic (exact) mass is 285 g/mol. The SMILES string of the molecule is N#Cc1cccc(C(=O)NC[C@@H]2CN3CCC[C@@H]3CO2)c1. The lowest BCUT2D eigenvalue weighted by molar-refractivity contribution is -0.0461. The van der Waals surface area contributed by atoms with E-state index < -0.39 is 0 Å². The molecule has 1 aromatic carbocycles. The van der Waals surface area contributed by atoms with Crippen LogP contribution in [0.1, 0.15) is 28.8 Å². The zero-order valence-corrected chi connectivity index (χ0v) is 11.9. The van der Waals surface area contributed by atoms with Gasteiger partial charge in [0, 0.05) is 24.7 Å². The van der Waals surface area contributed by atoms with Gasteiger partial charge in [0.15, 0.2) is 0 Å². The van der Waals surface area contributed by atoms with E-state index in [1.807, 2.05) is 6.07 Å². The highest BCUT2D eigenvalue weighted by Crippen LogP contribution is 2.22. The molecular weight excluding hydrogens is 266 g/mol. The number of carbonyl (C=O) groups is 1. The molecule has 5 heteroatoms. The second-order valence-corrected chi connectivity index (χ2v) is 5.65. The predicted molar refractivity (Wildman–Crippen MR) is 77.8 cm³/mol. The molecule has 21 heavy (non-hydrogen) atoms. The van der Waals surface area contributed by atoms with Gasteiger partial charge in [-0.2, -0.15) is 5.26 Å². The Morgan fingerprint density at radius 2 is 2.43 bits per heavy atom. The molecule has 0 unspecified atom stereocenters. The summed E-state index contributed by atoms with van der Waals surface area (Å²) in [5.41, 5.74) is 1.01. The molecule has 1 aromatic rings. The molecule has 3 rings (SSSR count). The van der Waals surface area contributed by atoms with Crippen LogP contribution in [-0.4, -0.2) is 49.2 Å². The third-order valence-corrected chi connectivity index (χ3v) is 4.21. The summed E-state index contributed by atoms with van der Waals surface area (Å²) in [5.74, 6) is -0.153. The molecule has 2 saturated heterocycles. The average Bonchev–Trinajstić information content (AvgIpc) is 3.00. The largest absolute Gasteiger partial charge is 0.373 e. The normalized spacial score (nSPS) is 25.1. The van der Waals surface area contributed by atoms with E-state index in [0.29, 0.717) is 23.7 Å². The topological polar surface area (TPSA) is 65.4 Å². The molecule has 0 spiro atoms. The minimum absolute atomic E-state index is 0.0578. The van der Waals surface area contributed by atoms with E-state index in [-0.39, 0.29) is 12.0 Å². The van der Waals surface area contributed by atoms with E-state index in [9.17, 15) is 4.79 Å². The number of ether oxygens (including phenoxy) is 1. The lowest BCUT2D eigenvalue weighted by Gasteiger charge is -2.35. The fourth-order valence-corrected chi connectivity index (χ4v) is 3.05. The Morgan fingerprint density at radius 3 is 3.29 bits per heavy atom. The van der Waals surface area contributed by atoms with Gasteiger partial charge in [-0.05, 0) is 37.6 Å². The minimum Gasteiger partial charge on any atom is -0.373 e. The number of hydrogen-bond acceptors (Lipinski definition) is 4. The summed E-state index contributed by atoms with van der Waals surface area (Å²) in [6, 6.07) is 9.35. The minimum atomic E-state index is -0.153. The van der Waals surface area contributed by atoms with Crippen molar-refractivity contribution in [2.24, 2.45) is 0 Å². The maximum Gasteiger partial charge on any atom is 0.251 e. The number of benzene rings is 1. The van der Waals surface area contributed by atoms with Crippen LogP contribution >= 0.6 is 0 Å². The summed E-state index contributed by atoms with van der Waals surface area (Å²) in [4.78, 5) is 14.5. The number of hydrogen-bond donors (Lipinski definition) is 1. The maximum atomic E-state index is 12.1. The average molecular weight is 285 g/mol. The summed E-state index contributed by atoms with van der Waals surface area (Å²) in [6.07, 6.45) is 2.52. The molecular formula is C16H19N3O2. The predicted octanol–water partition coefficient (Wildman–Crippen LogP) is 1.15. The second kappa shape index (κ2) is 6.25. The van der Waals surface area contributed by atoms with E-state index in [4.69, 9.17) is 10.00 Å². The van der Waals surface area contributed by atoms with Gasteiger partial charge in [0.25, 0.3) is 5.91 Å². The molecule has 2 aliphatic heterocycles. The highest BCUT2D eigenvalue weighted by molar-refractivity contribution is 5.94. The van der Waals surface area contributed by atoms with Gasteiger partial charge in [-0.25, -0.2) is 0 Å². The van der Waals surface area contributed by atoms with Crippen LogP contribution in [0.25, 0.3) is 0 Å². The third kappa shape index (κ3) is 3.23. The highest BCUT2D eigenvalue weighted by Gasteiger charge is 2.32. The van der Waals surface area contributed by atoms with Crippen molar-refractivity contribution in [2.75, 3.05) is 26.2 Å². The number of morpholine rings is 1. The van der Waals surface area contributed by atoms with Gasteiger partial charge in [-0.15, -0.1) is 0 Å². The molecule has 2 heterocycles. The highest BCUT2D eigenvalue weighted by atomic mass is 16.5. The molecule has 0 radical (unpaired) electrons. The number of nitrogens with zero attached hydrogens (tertiary/aromatic N) is 2. The van der Waals surface area contributed by atoms with Gasteiger partial charge in [0.05, 0.1) is 24.3 Å². The van der Waals surface area contributed by atoms with Crippen LogP contribution in [0.5, 0.6) is 0 Å². The van der Waals surface area contributed by atoms with Gasteiger partial charge in [0.1, 0.15) is 0 Å². The molecule has 2 aliphatic rings. The zero-order chi connectivity index (χ0) is 14.7. The first-order valence-electron chi connectivity index (χ1n) is 7.40. The van der Waals surface area contributed by atoms with Crippen molar-refractivity contribution in [3.63, 3.8) is 0 Å². The summed E-state index contributed by atoms with van der Waals surface area (Å²) < 4.78 is 5.81. The quantitative estimate of drug-likeness (QED) is 0.905. The molecule has 0 bridgehead atoms. The van der Waals surface area contributed by atoms with Gasteiger partial charge in [-0.3, -0.25) is 9.69 Å². The summed E-state index contributed by atoms with van der Waals surface area (Å²) >= 11 is 0. The van der Waals surface area contributed by atoms with Crippen LogP contribution in [0.3, 0.4) is 0 Å². The Morgan fingerprint density at radius 1 is 1.52 bits per heavy atom. The standard InChI is InChI=1S/C16H19N3O2/c17-8-12-3-1-4-13(7-12)16(20)18-9-15-10-19-6-2-5-14(19)11-21-15/h1,3-4,7,14-15H,2,5-6,9-11H2,(H,18,20)/t14-,15-/m1/s1. The van der Waals surface area contributed by atoms with Gasteiger partial charge >= 0.3 is 0 Å². The number of rotatable bonds is 3. The molecule has 0 aromatic heterocycles. The van der Waals surface area contributed by atoms with E-state index >= 15 is 0 Å². The van der Waals surface area contributed by atoms with E-state index in [1.54, 1.807) is 24.3 Å². The van der Waals surface area contributed by atoms with Crippen molar-refractivity contribution in [1.29, 1.82) is 5.26 Å². The summed E-state index contributed by atoms with van der Waals surface area (Å²) in [7, 11) is 0. The molecule has 1 amide bonds. The van der Waals surface area contributed by atoms with Crippen molar-refractivity contribution >= 4 is 5.91 Å². The van der Waals surface area contributed by atoms with Crippen LogP contribution in [-0.2, 0) is 4.74 Å². The second-order valence-electron chi connectivity index (χ2n) is 5.65. The fraction of sp³-hybridized carbons (Fsp3) is 0.500. The van der Waals surface area contributed by atoms with Crippen LogP contribution in [0, 0.1) is 11.3 Å². The Kier molecular flexibility index (Phi) is 4.18. The first-order chi connectivity index (χ1) is 10.3. The van der Waals surface area contributed by atoms with Crippen LogP contribution in [0.15, 0.2) is 24.3 Å². The lowest BCUT2D eigenvalue weighted by Crippen LogP contribution is -2.50. The van der Waals surface area contributed by atoms with Crippen LogP contribution < -0.4 is 5.32 Å². The van der Waals surface area contributed by atoms with E-state index in [0.717, 1.165) is 19.7 Å². The number of nitrogens with one attached hydrogen (secondary N) is 1. The van der Waals surface area contributed by atoms with Crippen LogP contribution in [0.2, 0.25) is 0 Å². The molecule has 0 aliphatic carbocycles. The molecule has 2 fully saturated rings. The Hall–Kier alpha value is -1.90. The first kappa shape index (κ1) is 14.1. The molecule has 2 atom stereocenters. The van der Waals surface area contributed by atoms with E-state index in [2.05, 4.69) is 10.2 Å². The van der Waals surface area contributed by atoms with Crippen molar-refractivity contribution in [3.05, 3.63) is 35.4 Å². The molecule has 1 N–H and O–H groups in total. The summed E-state index contributed by atoms with van der Waals surface area (Å²) in [5, 5.41) is 11.8. The number of carbonyl (C=O) groups excluding carboxylic acids is 1. The zero-order valence-electron chi connectivity index (χ0n) is 11.9. The lowest BCUT2D eigenvalue weighted by atomic mass is 10.1. The van der Waals surface area contributed by atoms with Crippen LogP contribution in [0.4, 0.5) is 0 Å². The third-order valence-electron chi connectivity index (χ3n) is 4.21. The Labute approximate surface area is 124 Å². The van der Waals surface area contributed by atoms with Gasteiger partial charge in [0.2, 0.25) is 0 Å². The number of fused-ring (bicyclic) bond motifs is 1. The number of nitriles is 1. The summed E-state index contributed by atoms with van der Waals surface area (Å²) in [6.45, 7) is 3.31. The van der Waals surface area contributed by atoms with Crippen molar-refractivity contribution in [1.82, 2.24) is 10.2 Å². The van der Waals surface area contributed by atoms with E-state index in [1.165, 1.54) is 12.8 Å². The first-order valence-corrected chi connectivity index (χ1v) is 7.40. The number of amides is 1. The van der Waals surface area contributed by atoms with Crippen molar-refractivity contribution in [3.8, 4) is 6.07 Å². The fourth-order valence-electron chi connectivity index (χ4n) is 3.05. The van der Waals surface area contributed by atoms with Gasteiger partial charge in [-0.1, -0.05) is 6.07 Å².